The van der Waals surface area contributed by atoms with Gasteiger partial charge in [-0.25, -0.2) is 0 Å². The summed E-state index contributed by atoms with van der Waals surface area (Å²) in [4.78, 5) is 0. The number of para-hydroxylation sites is 1. The quantitative estimate of drug-likeness (QED) is 0.744. The van der Waals surface area contributed by atoms with Crippen molar-refractivity contribution < 1.29 is 9.47 Å². The first kappa shape index (κ1) is 11.5. The number of benzene rings is 1. The summed E-state index contributed by atoms with van der Waals surface area (Å²) in [7, 11) is 0. The van der Waals surface area contributed by atoms with Gasteiger partial charge in [-0.2, -0.15) is 5.26 Å². The summed E-state index contributed by atoms with van der Waals surface area (Å²) in [6.07, 6.45) is 1.00. The van der Waals surface area contributed by atoms with Crippen LogP contribution in [0.25, 0.3) is 0 Å². The molecule has 0 unspecified atom stereocenters. The maximum absolute atomic E-state index is 8.83. The summed E-state index contributed by atoms with van der Waals surface area (Å²) in [6, 6.07) is 9.37. The largest absolute Gasteiger partial charge is 0.487 e. The van der Waals surface area contributed by atoms with Gasteiger partial charge in [-0.05, 0) is 12.1 Å². The number of ether oxygens (including phenoxy) is 2. The van der Waals surface area contributed by atoms with Crippen LogP contribution in [0.2, 0.25) is 0 Å². The minimum atomic E-state index is 0. The summed E-state index contributed by atoms with van der Waals surface area (Å²) in [6.45, 7) is 1.37. The van der Waals surface area contributed by atoms with Crippen LogP contribution in [0, 0.1) is 11.3 Å². The molecule has 15 heavy (non-hydrogen) atoms. The van der Waals surface area contributed by atoms with E-state index in [-0.39, 0.29) is 13.5 Å². The van der Waals surface area contributed by atoms with E-state index in [0.717, 1.165) is 13.0 Å². The van der Waals surface area contributed by atoms with Crippen LogP contribution in [-0.2, 0) is 4.74 Å². The monoisotopic (exact) mass is 205 g/mol. The van der Waals surface area contributed by atoms with Gasteiger partial charge in [-0.3, -0.25) is 0 Å². The molecular weight excluding hydrogens is 190 g/mol. The van der Waals surface area contributed by atoms with E-state index in [2.05, 4.69) is 6.07 Å². The zero-order valence-electron chi connectivity index (χ0n) is 7.77. The van der Waals surface area contributed by atoms with Crippen LogP contribution in [0.15, 0.2) is 24.3 Å². The lowest BCUT2D eigenvalue weighted by Crippen LogP contribution is -2.16. The molecule has 0 radical (unpaired) electrons. The van der Waals surface area contributed by atoms with Crippen molar-refractivity contribution in [1.29, 1.82) is 5.26 Å². The summed E-state index contributed by atoms with van der Waals surface area (Å²) in [5.41, 5.74) is 0.583. The normalized spacial score (nSPS) is 19.0. The Hall–Kier alpha value is -1.53. The Kier molecular flexibility index (Phi) is 4.14. The van der Waals surface area contributed by atoms with E-state index in [0.29, 0.717) is 17.9 Å². The molecule has 80 valence electrons. The molecule has 1 aliphatic rings. The van der Waals surface area contributed by atoms with Gasteiger partial charge in [0.05, 0.1) is 18.8 Å². The summed E-state index contributed by atoms with van der Waals surface area (Å²) < 4.78 is 10.8. The predicted molar refractivity (Wildman–Crippen MR) is 57.7 cm³/mol. The fraction of sp³-hybridized carbons (Fsp3) is 0.417. The van der Waals surface area contributed by atoms with Gasteiger partial charge in [0.25, 0.3) is 0 Å². The second-order valence-electron chi connectivity index (χ2n) is 3.21. The summed E-state index contributed by atoms with van der Waals surface area (Å²) >= 11 is 0. The van der Waals surface area contributed by atoms with Crippen LogP contribution in [0.1, 0.15) is 19.4 Å². The van der Waals surface area contributed by atoms with E-state index in [1.54, 1.807) is 6.07 Å². The van der Waals surface area contributed by atoms with Crippen molar-refractivity contribution in [1.82, 2.24) is 0 Å². The lowest BCUT2D eigenvalue weighted by molar-refractivity contribution is 0.141. The maximum Gasteiger partial charge on any atom is 0.137 e. The third-order valence-corrected chi connectivity index (χ3v) is 2.19. The van der Waals surface area contributed by atoms with Gasteiger partial charge in [0.15, 0.2) is 0 Å². The number of rotatable bonds is 2. The molecule has 1 aromatic carbocycles. The van der Waals surface area contributed by atoms with E-state index < -0.39 is 0 Å². The van der Waals surface area contributed by atoms with Gasteiger partial charge in [0.2, 0.25) is 0 Å². The highest BCUT2D eigenvalue weighted by Crippen LogP contribution is 2.20. The first-order valence-corrected chi connectivity index (χ1v) is 4.63. The molecule has 1 fully saturated rings. The smallest absolute Gasteiger partial charge is 0.137 e. The Morgan fingerprint density at radius 3 is 2.87 bits per heavy atom. The Balaban J connectivity index is 0.00000112. The fourth-order valence-corrected chi connectivity index (χ4v) is 1.45. The summed E-state index contributed by atoms with van der Waals surface area (Å²) in [5.74, 6) is 0.658. The number of nitriles is 1. The molecule has 0 amide bonds. The minimum absolute atomic E-state index is 0. The van der Waals surface area contributed by atoms with Gasteiger partial charge < -0.3 is 9.47 Å². The molecule has 0 spiro atoms. The van der Waals surface area contributed by atoms with Gasteiger partial charge >= 0.3 is 0 Å². The molecule has 3 nitrogen and oxygen atoms in total. The van der Waals surface area contributed by atoms with Crippen molar-refractivity contribution in [2.75, 3.05) is 13.2 Å². The zero-order valence-corrected chi connectivity index (χ0v) is 7.77. The average molecular weight is 205 g/mol. The van der Waals surface area contributed by atoms with Crippen molar-refractivity contribution in [3.8, 4) is 11.8 Å². The van der Waals surface area contributed by atoms with E-state index >= 15 is 0 Å². The Morgan fingerprint density at radius 2 is 2.20 bits per heavy atom. The van der Waals surface area contributed by atoms with Crippen LogP contribution in [0.3, 0.4) is 0 Å². The number of nitrogens with zero attached hydrogens (tertiary/aromatic N) is 1. The topological polar surface area (TPSA) is 42.2 Å². The lowest BCUT2D eigenvalue weighted by Gasteiger charge is -2.12. The van der Waals surface area contributed by atoms with Crippen LogP contribution in [0.4, 0.5) is 0 Å². The molecule has 0 aliphatic carbocycles. The highest BCUT2D eigenvalue weighted by Gasteiger charge is 2.18. The van der Waals surface area contributed by atoms with Gasteiger partial charge in [-0.1, -0.05) is 19.6 Å². The van der Waals surface area contributed by atoms with Gasteiger partial charge in [0.1, 0.15) is 17.9 Å². The van der Waals surface area contributed by atoms with Crippen LogP contribution in [-0.4, -0.2) is 19.3 Å². The van der Waals surface area contributed by atoms with Crippen molar-refractivity contribution in [3.63, 3.8) is 0 Å². The van der Waals surface area contributed by atoms with Crippen molar-refractivity contribution in [3.05, 3.63) is 29.8 Å². The van der Waals surface area contributed by atoms with Crippen LogP contribution in [0.5, 0.6) is 5.75 Å². The van der Waals surface area contributed by atoms with E-state index in [1.807, 2.05) is 18.2 Å². The SMILES string of the molecule is C.N#Cc1ccccc1O[C@@H]1CCOC1. The first-order chi connectivity index (χ1) is 6.90. The van der Waals surface area contributed by atoms with Crippen LogP contribution < -0.4 is 4.74 Å². The van der Waals surface area contributed by atoms with Crippen molar-refractivity contribution in [2.24, 2.45) is 0 Å². The Labute approximate surface area is 90.2 Å². The molecule has 0 N–H and O–H groups in total. The molecule has 2 rings (SSSR count). The van der Waals surface area contributed by atoms with Crippen molar-refractivity contribution in [2.45, 2.75) is 20.0 Å². The Morgan fingerprint density at radius 1 is 1.40 bits per heavy atom. The third-order valence-electron chi connectivity index (χ3n) is 2.19. The first-order valence-electron chi connectivity index (χ1n) is 4.63. The third kappa shape index (κ3) is 2.71. The van der Waals surface area contributed by atoms with Gasteiger partial charge in [0, 0.05) is 6.42 Å². The molecule has 1 saturated heterocycles. The number of hydrogen-bond donors (Lipinski definition) is 0. The molecule has 0 bridgehead atoms. The Bertz CT molecular complexity index is 351. The zero-order chi connectivity index (χ0) is 9.80. The van der Waals surface area contributed by atoms with E-state index in [1.165, 1.54) is 0 Å². The molecular formula is C12H15NO2. The minimum Gasteiger partial charge on any atom is -0.487 e. The van der Waals surface area contributed by atoms with Crippen LogP contribution >= 0.6 is 0 Å². The molecule has 3 heteroatoms. The second kappa shape index (κ2) is 5.38. The highest BCUT2D eigenvalue weighted by atomic mass is 16.5. The fourth-order valence-electron chi connectivity index (χ4n) is 1.45. The van der Waals surface area contributed by atoms with Crippen molar-refractivity contribution >= 4 is 0 Å². The van der Waals surface area contributed by atoms with E-state index in [9.17, 15) is 0 Å². The molecule has 0 aromatic heterocycles. The molecule has 0 saturated carbocycles. The maximum atomic E-state index is 8.83. The standard InChI is InChI=1S/C11H11NO2.CH4/c12-7-9-3-1-2-4-11(9)14-10-5-6-13-8-10;/h1-4,10H,5-6,8H2;1H4/t10-;/m1./s1. The van der Waals surface area contributed by atoms with E-state index in [4.69, 9.17) is 14.7 Å². The van der Waals surface area contributed by atoms with Gasteiger partial charge in [-0.15, -0.1) is 0 Å². The highest BCUT2D eigenvalue weighted by molar-refractivity contribution is 5.42. The lowest BCUT2D eigenvalue weighted by atomic mass is 10.2. The number of hydrogen-bond acceptors (Lipinski definition) is 3. The molecule has 1 aromatic rings. The summed E-state index contributed by atoms with van der Waals surface area (Å²) in [5, 5.41) is 8.83. The molecule has 1 heterocycles. The molecule has 1 atom stereocenters. The average Bonchev–Trinajstić information content (AvgIpc) is 2.71. The molecule has 1 aliphatic heterocycles. The predicted octanol–water partition coefficient (Wildman–Crippen LogP) is 2.36. The second-order valence-corrected chi connectivity index (χ2v) is 3.21.